The first kappa shape index (κ1) is 22.5. The zero-order chi connectivity index (χ0) is 21.4. The Morgan fingerprint density at radius 2 is 1.24 bits per heavy atom. The van der Waals surface area contributed by atoms with Crippen molar-refractivity contribution in [2.45, 2.75) is 40.9 Å². The molecule has 2 rings (SSSR count). The topological polar surface area (TPSA) is 80.3 Å². The van der Waals surface area contributed by atoms with Crippen molar-refractivity contribution in [1.29, 1.82) is 0 Å². The Balaban J connectivity index is 1.98. The predicted molar refractivity (Wildman–Crippen MR) is 105 cm³/mol. The van der Waals surface area contributed by atoms with Crippen molar-refractivity contribution in [3.63, 3.8) is 0 Å². The minimum absolute atomic E-state index is 0.101. The van der Waals surface area contributed by atoms with Crippen LogP contribution in [0.25, 0.3) is 0 Å². The van der Waals surface area contributed by atoms with Gasteiger partial charge in [-0.05, 0) is 57.9 Å². The maximum atomic E-state index is 12.3. The second-order valence-electron chi connectivity index (χ2n) is 6.66. The van der Waals surface area contributed by atoms with E-state index in [2.05, 4.69) is 0 Å². The van der Waals surface area contributed by atoms with Crippen LogP contribution in [-0.2, 0) is 24.3 Å². The van der Waals surface area contributed by atoms with Gasteiger partial charge in [-0.25, -0.2) is 9.59 Å². The SMILES string of the molecule is CCOCC(OOC(=O)c1cc(C)ccc1C)OOC(=O)c1cc(C)ccc1C. The summed E-state index contributed by atoms with van der Waals surface area (Å²) < 4.78 is 5.22. The Kier molecular flexibility index (Phi) is 8.33. The summed E-state index contributed by atoms with van der Waals surface area (Å²) in [4.78, 5) is 44.4. The molecule has 0 fully saturated rings. The summed E-state index contributed by atoms with van der Waals surface area (Å²) in [6, 6.07) is 10.8. The average molecular weight is 402 g/mol. The lowest BCUT2D eigenvalue weighted by Crippen LogP contribution is -2.27. The van der Waals surface area contributed by atoms with E-state index in [-0.39, 0.29) is 6.61 Å². The summed E-state index contributed by atoms with van der Waals surface area (Å²) >= 11 is 0. The van der Waals surface area contributed by atoms with Crippen molar-refractivity contribution < 1.29 is 33.9 Å². The molecule has 0 saturated carbocycles. The summed E-state index contributed by atoms with van der Waals surface area (Å²) in [5.41, 5.74) is 4.04. The molecule has 0 spiro atoms. The van der Waals surface area contributed by atoms with Gasteiger partial charge in [0.1, 0.15) is 6.61 Å². The number of carbonyl (C=O) groups excluding carboxylic acids is 2. The molecule has 7 nitrogen and oxygen atoms in total. The van der Waals surface area contributed by atoms with Crippen molar-refractivity contribution in [2.75, 3.05) is 13.2 Å². The lowest BCUT2D eigenvalue weighted by molar-refractivity contribution is -0.426. The first-order chi connectivity index (χ1) is 13.8. The molecular weight excluding hydrogens is 376 g/mol. The molecule has 0 aromatic heterocycles. The highest BCUT2D eigenvalue weighted by Crippen LogP contribution is 2.15. The highest BCUT2D eigenvalue weighted by Gasteiger charge is 2.21. The maximum absolute atomic E-state index is 12.3. The number of carbonyl (C=O) groups is 2. The minimum Gasteiger partial charge on any atom is -0.376 e. The Morgan fingerprint density at radius 3 is 1.66 bits per heavy atom. The zero-order valence-electron chi connectivity index (χ0n) is 17.3. The van der Waals surface area contributed by atoms with Gasteiger partial charge in [0.15, 0.2) is 0 Å². The van der Waals surface area contributed by atoms with E-state index < -0.39 is 18.2 Å². The molecule has 0 aliphatic carbocycles. The van der Waals surface area contributed by atoms with Gasteiger partial charge < -0.3 is 4.74 Å². The Bertz CT molecular complexity index is 793. The van der Waals surface area contributed by atoms with E-state index in [9.17, 15) is 9.59 Å². The molecule has 0 heterocycles. The number of rotatable bonds is 9. The summed E-state index contributed by atoms with van der Waals surface area (Å²) in [6.07, 6.45) is -1.24. The third-order valence-electron chi connectivity index (χ3n) is 4.15. The molecule has 29 heavy (non-hydrogen) atoms. The number of benzene rings is 2. The second-order valence-corrected chi connectivity index (χ2v) is 6.66. The quantitative estimate of drug-likeness (QED) is 0.354. The average Bonchev–Trinajstić information content (AvgIpc) is 2.70. The van der Waals surface area contributed by atoms with E-state index in [1.807, 2.05) is 38.1 Å². The van der Waals surface area contributed by atoms with Gasteiger partial charge in [-0.15, -0.1) is 9.78 Å². The van der Waals surface area contributed by atoms with Crippen molar-refractivity contribution in [2.24, 2.45) is 0 Å². The number of ether oxygens (including phenoxy) is 1. The number of hydrogen-bond donors (Lipinski definition) is 0. The van der Waals surface area contributed by atoms with E-state index in [4.69, 9.17) is 24.3 Å². The van der Waals surface area contributed by atoms with E-state index in [0.717, 1.165) is 22.3 Å². The van der Waals surface area contributed by atoms with E-state index in [1.54, 1.807) is 32.9 Å². The lowest BCUT2D eigenvalue weighted by atomic mass is 10.1. The van der Waals surface area contributed by atoms with Gasteiger partial charge in [-0.3, -0.25) is 9.78 Å². The van der Waals surface area contributed by atoms with Gasteiger partial charge in [0.25, 0.3) is 6.29 Å². The summed E-state index contributed by atoms with van der Waals surface area (Å²) in [5, 5.41) is 0. The van der Waals surface area contributed by atoms with Crippen molar-refractivity contribution in [1.82, 2.24) is 0 Å². The van der Waals surface area contributed by atoms with Crippen molar-refractivity contribution >= 4 is 11.9 Å². The molecule has 0 aliphatic heterocycles. The van der Waals surface area contributed by atoms with Gasteiger partial charge in [0, 0.05) is 6.61 Å². The molecule has 0 atom stereocenters. The van der Waals surface area contributed by atoms with Crippen LogP contribution in [0.1, 0.15) is 49.9 Å². The highest BCUT2D eigenvalue weighted by molar-refractivity contribution is 5.91. The summed E-state index contributed by atoms with van der Waals surface area (Å²) in [7, 11) is 0. The van der Waals surface area contributed by atoms with Gasteiger partial charge in [-0.1, -0.05) is 35.4 Å². The van der Waals surface area contributed by atoms with Crippen LogP contribution in [0.15, 0.2) is 36.4 Å². The van der Waals surface area contributed by atoms with Crippen LogP contribution in [0, 0.1) is 27.7 Å². The number of aryl methyl sites for hydroxylation is 4. The first-order valence-electron chi connectivity index (χ1n) is 9.29. The van der Waals surface area contributed by atoms with Crippen LogP contribution in [0.4, 0.5) is 0 Å². The smallest absolute Gasteiger partial charge is 0.373 e. The summed E-state index contributed by atoms with van der Waals surface area (Å²) in [6.45, 7) is 9.36. The zero-order valence-corrected chi connectivity index (χ0v) is 17.3. The van der Waals surface area contributed by atoms with Gasteiger partial charge in [-0.2, -0.15) is 0 Å². The van der Waals surface area contributed by atoms with Crippen LogP contribution in [-0.4, -0.2) is 31.4 Å². The Hall–Kier alpha value is -2.74. The second kappa shape index (κ2) is 10.7. The minimum atomic E-state index is -1.24. The predicted octanol–water partition coefficient (Wildman–Crippen LogP) is 4.16. The molecule has 0 bridgehead atoms. The first-order valence-corrected chi connectivity index (χ1v) is 9.29. The van der Waals surface area contributed by atoms with Crippen LogP contribution in [0.5, 0.6) is 0 Å². The standard InChI is InChI=1S/C22H26O7/c1-6-25-13-20(26-28-21(23)18-11-14(2)7-9-16(18)4)27-29-22(24)19-12-15(3)8-10-17(19)5/h7-12,20H,6,13H2,1-5H3. The normalized spacial score (nSPS) is 10.8. The van der Waals surface area contributed by atoms with Crippen LogP contribution < -0.4 is 0 Å². The van der Waals surface area contributed by atoms with Gasteiger partial charge >= 0.3 is 11.9 Å². The van der Waals surface area contributed by atoms with E-state index in [0.29, 0.717) is 17.7 Å². The van der Waals surface area contributed by atoms with Gasteiger partial charge in [0.05, 0.1) is 11.1 Å². The van der Waals surface area contributed by atoms with Crippen molar-refractivity contribution in [3.05, 3.63) is 69.8 Å². The summed E-state index contributed by atoms with van der Waals surface area (Å²) in [5.74, 6) is -1.37. The molecule has 0 radical (unpaired) electrons. The third kappa shape index (κ3) is 6.67. The Morgan fingerprint density at radius 1 is 0.793 bits per heavy atom. The molecular formula is C22H26O7. The molecule has 0 saturated heterocycles. The molecule has 0 aliphatic rings. The lowest BCUT2D eigenvalue weighted by Gasteiger charge is -2.16. The molecule has 2 aromatic carbocycles. The third-order valence-corrected chi connectivity index (χ3v) is 4.15. The van der Waals surface area contributed by atoms with Crippen LogP contribution in [0.2, 0.25) is 0 Å². The van der Waals surface area contributed by atoms with Crippen LogP contribution >= 0.6 is 0 Å². The molecule has 156 valence electrons. The molecule has 0 amide bonds. The molecule has 0 N–H and O–H groups in total. The highest BCUT2D eigenvalue weighted by atomic mass is 17.3. The molecule has 2 aromatic rings. The fourth-order valence-corrected chi connectivity index (χ4v) is 2.48. The van der Waals surface area contributed by atoms with Gasteiger partial charge in [0.2, 0.25) is 0 Å². The fourth-order valence-electron chi connectivity index (χ4n) is 2.48. The largest absolute Gasteiger partial charge is 0.376 e. The molecule has 7 heteroatoms. The monoisotopic (exact) mass is 402 g/mol. The Labute approximate surface area is 170 Å². The maximum Gasteiger partial charge on any atom is 0.373 e. The van der Waals surface area contributed by atoms with E-state index >= 15 is 0 Å². The van der Waals surface area contributed by atoms with Crippen molar-refractivity contribution in [3.8, 4) is 0 Å². The molecule has 0 unspecified atom stereocenters. The fraction of sp³-hybridized carbons (Fsp3) is 0.364. The number of hydrogen-bond acceptors (Lipinski definition) is 7. The van der Waals surface area contributed by atoms with Crippen LogP contribution in [0.3, 0.4) is 0 Å². The van der Waals surface area contributed by atoms with E-state index in [1.165, 1.54) is 0 Å².